The van der Waals surface area contributed by atoms with E-state index in [-0.39, 0.29) is 12.0 Å². The first-order chi connectivity index (χ1) is 7.93. The van der Waals surface area contributed by atoms with E-state index in [9.17, 15) is 9.50 Å². The van der Waals surface area contributed by atoms with Gasteiger partial charge in [0.1, 0.15) is 0 Å². The molecular weight excluding hydrogens is 217 g/mol. The Morgan fingerprint density at radius 3 is 2.47 bits per heavy atom. The minimum atomic E-state index is -0.294. The van der Waals surface area contributed by atoms with Gasteiger partial charge < -0.3 is 0 Å². The zero-order valence-corrected chi connectivity index (χ0v) is 11.4. The van der Waals surface area contributed by atoms with Crippen molar-refractivity contribution in [1.29, 1.82) is 0 Å². The van der Waals surface area contributed by atoms with E-state index in [1.54, 1.807) is 13.8 Å². The number of carbonyl (C=O) groups excluding carboxylic acids is 1. The summed E-state index contributed by atoms with van der Waals surface area (Å²) >= 11 is 0. The van der Waals surface area contributed by atoms with Crippen molar-refractivity contribution in [2.45, 2.75) is 33.7 Å². The molecule has 0 saturated carbocycles. The summed E-state index contributed by atoms with van der Waals surface area (Å²) in [5, 5.41) is 0. The maximum atomic E-state index is 11.5. The summed E-state index contributed by atoms with van der Waals surface area (Å²) in [6.45, 7) is 8.01. The monoisotopic (exact) mass is 239 g/mol. The van der Waals surface area contributed by atoms with Crippen LogP contribution in [0.1, 0.15) is 27.7 Å². The second-order valence-electron chi connectivity index (χ2n) is 4.41. The van der Waals surface area contributed by atoms with Crippen LogP contribution in [0.2, 0.25) is 0 Å². The molecule has 0 saturated heterocycles. The van der Waals surface area contributed by atoms with Gasteiger partial charge in [-0.15, -0.1) is 0 Å². The molecule has 0 aliphatic rings. The zero-order chi connectivity index (χ0) is 13.4. The molecule has 0 aliphatic carbocycles. The number of hydrogen-bond acceptors (Lipinski definition) is 4. The van der Waals surface area contributed by atoms with Crippen molar-refractivity contribution in [2.24, 2.45) is 5.92 Å². The molecule has 0 aliphatic heterocycles. The Morgan fingerprint density at radius 1 is 1.47 bits per heavy atom. The molecule has 0 spiro atoms. The van der Waals surface area contributed by atoms with Crippen LogP contribution in [0.5, 0.6) is 0 Å². The molecule has 0 radical (unpaired) electrons. The normalized spacial score (nSPS) is 13.7. The van der Waals surface area contributed by atoms with E-state index in [1.807, 2.05) is 18.0 Å². The van der Waals surface area contributed by atoms with E-state index in [4.69, 9.17) is 4.74 Å². The standard InChI is InChI=1S/C12H22BNO3/c1-6-17-12(15)10(4)7-11(9(2)3)14(5)8-13-16/h7,9,11H,6,8H2,1-5H3/t11-/m1/s1. The van der Waals surface area contributed by atoms with Gasteiger partial charge >= 0.3 is 104 Å². The van der Waals surface area contributed by atoms with Crippen LogP contribution >= 0.6 is 0 Å². The molecule has 17 heavy (non-hydrogen) atoms. The maximum absolute atomic E-state index is 11.5. The molecule has 0 rings (SSSR count). The third-order valence-electron chi connectivity index (χ3n) is 2.57. The van der Waals surface area contributed by atoms with Crippen LogP contribution < -0.4 is 0 Å². The van der Waals surface area contributed by atoms with Crippen LogP contribution in [0.4, 0.5) is 0 Å². The Balaban J connectivity index is 4.78. The molecular formula is C12H22BNO3. The Hall–Kier alpha value is -0.965. The summed E-state index contributed by atoms with van der Waals surface area (Å²) in [7, 11) is 2.73. The molecule has 0 N–H and O–H groups in total. The van der Waals surface area contributed by atoms with Gasteiger partial charge in [-0.05, 0) is 0 Å². The topological polar surface area (TPSA) is 46.6 Å². The van der Waals surface area contributed by atoms with Crippen molar-refractivity contribution in [1.82, 2.24) is 4.90 Å². The van der Waals surface area contributed by atoms with E-state index in [2.05, 4.69) is 13.8 Å². The molecule has 0 amide bonds. The average Bonchev–Trinajstić information content (AvgIpc) is 2.25. The summed E-state index contributed by atoms with van der Waals surface area (Å²) in [6, 6.07) is 0.0598. The van der Waals surface area contributed by atoms with Gasteiger partial charge in [0.05, 0.1) is 0 Å². The fourth-order valence-corrected chi connectivity index (χ4v) is 1.64. The summed E-state index contributed by atoms with van der Waals surface area (Å²) in [5.41, 5.74) is 0.586. The first-order valence-corrected chi connectivity index (χ1v) is 5.93. The fraction of sp³-hybridized carbons (Fsp3) is 0.750. The van der Waals surface area contributed by atoms with Crippen LogP contribution in [0.25, 0.3) is 0 Å². The van der Waals surface area contributed by atoms with Crippen molar-refractivity contribution in [3.63, 3.8) is 0 Å². The Bertz CT molecular complexity index is 289. The van der Waals surface area contributed by atoms with Crippen LogP contribution in [0.3, 0.4) is 0 Å². The van der Waals surface area contributed by atoms with Gasteiger partial charge in [0.15, 0.2) is 0 Å². The summed E-state index contributed by atoms with van der Waals surface area (Å²) in [4.78, 5) is 13.4. The predicted octanol–water partition coefficient (Wildman–Crippen LogP) is 1.46. The van der Waals surface area contributed by atoms with Crippen LogP contribution in [-0.4, -0.2) is 44.2 Å². The second kappa shape index (κ2) is 8.17. The predicted molar refractivity (Wildman–Crippen MR) is 68.1 cm³/mol. The van der Waals surface area contributed by atoms with Crippen molar-refractivity contribution in [3.8, 4) is 0 Å². The van der Waals surface area contributed by atoms with Crippen LogP contribution in [-0.2, 0) is 14.2 Å². The first kappa shape index (κ1) is 16.0. The quantitative estimate of drug-likeness (QED) is 0.383. The second-order valence-corrected chi connectivity index (χ2v) is 4.41. The van der Waals surface area contributed by atoms with Crippen molar-refractivity contribution < 1.29 is 14.2 Å². The molecule has 0 aromatic carbocycles. The van der Waals surface area contributed by atoms with E-state index >= 15 is 0 Å². The van der Waals surface area contributed by atoms with Gasteiger partial charge in [0.2, 0.25) is 0 Å². The molecule has 4 nitrogen and oxygen atoms in total. The van der Waals surface area contributed by atoms with Crippen molar-refractivity contribution >= 4 is 13.1 Å². The van der Waals surface area contributed by atoms with E-state index in [1.165, 1.54) is 0 Å². The number of likely N-dealkylation sites (N-methyl/N-ethyl adjacent to an activating group) is 1. The molecule has 0 fully saturated rings. The SMILES string of the molecule is CCOC(=O)C(C)=C[C@H](C(C)C)N(C)CB=O. The van der Waals surface area contributed by atoms with Gasteiger partial charge in [0.25, 0.3) is 0 Å². The van der Waals surface area contributed by atoms with Crippen molar-refractivity contribution in [2.75, 3.05) is 20.1 Å². The van der Waals surface area contributed by atoms with Crippen LogP contribution in [0.15, 0.2) is 11.6 Å². The van der Waals surface area contributed by atoms with Gasteiger partial charge in [-0.1, -0.05) is 0 Å². The number of esters is 1. The molecule has 1 atom stereocenters. The Morgan fingerprint density at radius 2 is 2.06 bits per heavy atom. The van der Waals surface area contributed by atoms with E-state index < -0.39 is 0 Å². The van der Waals surface area contributed by atoms with Gasteiger partial charge in [0, 0.05) is 0 Å². The minimum absolute atomic E-state index is 0.0598. The Kier molecular flexibility index (Phi) is 7.71. The molecule has 0 bridgehead atoms. The number of nitrogens with zero attached hydrogens (tertiary/aromatic N) is 1. The molecule has 5 heteroatoms. The third-order valence-corrected chi connectivity index (χ3v) is 2.57. The first-order valence-electron chi connectivity index (χ1n) is 5.93. The molecule has 0 unspecified atom stereocenters. The molecule has 0 aromatic rings. The summed E-state index contributed by atoms with van der Waals surface area (Å²) in [6.07, 6.45) is 2.22. The van der Waals surface area contributed by atoms with Gasteiger partial charge in [-0.2, -0.15) is 0 Å². The number of hydrogen-bond donors (Lipinski definition) is 0. The Labute approximate surface area is 104 Å². The average molecular weight is 239 g/mol. The van der Waals surface area contributed by atoms with E-state index in [0.717, 1.165) is 7.15 Å². The van der Waals surface area contributed by atoms with Gasteiger partial charge in [-0.3, -0.25) is 0 Å². The van der Waals surface area contributed by atoms with Gasteiger partial charge in [-0.25, -0.2) is 0 Å². The number of carbonyl (C=O) groups is 1. The summed E-state index contributed by atoms with van der Waals surface area (Å²) < 4.78 is 15.4. The van der Waals surface area contributed by atoms with Crippen LogP contribution in [0, 0.1) is 5.92 Å². The summed E-state index contributed by atoms with van der Waals surface area (Å²) in [5.74, 6) is 0.0296. The molecule has 0 heterocycles. The van der Waals surface area contributed by atoms with Crippen molar-refractivity contribution in [3.05, 3.63) is 11.6 Å². The van der Waals surface area contributed by atoms with E-state index in [0.29, 0.717) is 24.5 Å². The third kappa shape index (κ3) is 5.77. The zero-order valence-electron chi connectivity index (χ0n) is 11.4. The number of ether oxygens (including phenoxy) is 1. The molecule has 96 valence electrons. The number of rotatable bonds is 7. The molecule has 0 aromatic heterocycles. The fourth-order valence-electron chi connectivity index (χ4n) is 1.64.